The number of benzene rings is 1. The molecular weight excluding hydrogens is 329 g/mol. The number of aromatic nitrogens is 4. The third kappa shape index (κ3) is 3.67. The van der Waals surface area contributed by atoms with Crippen molar-refractivity contribution in [1.29, 1.82) is 0 Å². The molecule has 2 aromatic heterocycles. The van der Waals surface area contributed by atoms with Gasteiger partial charge >= 0.3 is 6.18 Å². The van der Waals surface area contributed by atoms with Gasteiger partial charge in [-0.3, -0.25) is 0 Å². The Balaban J connectivity index is 2.02. The van der Waals surface area contributed by atoms with E-state index < -0.39 is 12.7 Å². The third-order valence-electron chi connectivity index (χ3n) is 3.16. The average molecular weight is 342 g/mol. The first kappa shape index (κ1) is 15.9. The lowest BCUT2D eigenvalue weighted by atomic mass is 10.2. The largest absolute Gasteiger partial charge is 0.408 e. The molecule has 1 aromatic carbocycles. The summed E-state index contributed by atoms with van der Waals surface area (Å²) < 4.78 is 45.1. The van der Waals surface area contributed by atoms with Gasteiger partial charge in [0.05, 0.1) is 22.3 Å². The summed E-state index contributed by atoms with van der Waals surface area (Å²) in [5.41, 5.74) is 3.08. The third-order valence-corrected chi connectivity index (χ3v) is 3.96. The first-order valence-electron chi connectivity index (χ1n) is 6.79. The molecule has 0 amide bonds. The van der Waals surface area contributed by atoms with Crippen molar-refractivity contribution in [1.82, 2.24) is 19.7 Å². The average Bonchev–Trinajstić information content (AvgIpc) is 3.09. The van der Waals surface area contributed by atoms with Crippen molar-refractivity contribution in [3.63, 3.8) is 0 Å². The number of hydrogen-bond acceptors (Lipinski definition) is 5. The zero-order valence-electron chi connectivity index (χ0n) is 12.2. The normalized spacial score (nSPS) is 12.2. The van der Waals surface area contributed by atoms with E-state index in [4.69, 9.17) is 4.74 Å². The van der Waals surface area contributed by atoms with Gasteiger partial charge in [-0.25, -0.2) is 14.6 Å². The summed E-state index contributed by atoms with van der Waals surface area (Å²) in [6, 6.07) is 5.26. The minimum Gasteiger partial charge on any atom is -0.384 e. The molecule has 3 rings (SSSR count). The van der Waals surface area contributed by atoms with Crippen LogP contribution in [-0.2, 0) is 17.7 Å². The molecule has 0 bridgehead atoms. The summed E-state index contributed by atoms with van der Waals surface area (Å²) in [5, 5.41) is 3.97. The Morgan fingerprint density at radius 2 is 2.13 bits per heavy atom. The van der Waals surface area contributed by atoms with E-state index in [0.717, 1.165) is 14.9 Å². The molecule has 0 spiro atoms. The van der Waals surface area contributed by atoms with Crippen molar-refractivity contribution in [2.75, 3.05) is 13.7 Å². The predicted molar refractivity (Wildman–Crippen MR) is 80.3 cm³/mol. The van der Waals surface area contributed by atoms with Gasteiger partial charge in [-0.1, -0.05) is 0 Å². The highest BCUT2D eigenvalue weighted by Crippen LogP contribution is 2.27. The highest BCUT2D eigenvalue weighted by Gasteiger charge is 2.30. The van der Waals surface area contributed by atoms with E-state index in [-0.39, 0.29) is 5.82 Å². The maximum Gasteiger partial charge on any atom is 0.408 e. The second-order valence-electron chi connectivity index (χ2n) is 4.90. The summed E-state index contributed by atoms with van der Waals surface area (Å²) >= 11 is 1.43. The van der Waals surface area contributed by atoms with Crippen LogP contribution in [0.1, 0.15) is 5.82 Å². The highest BCUT2D eigenvalue weighted by molar-refractivity contribution is 7.16. The number of thiazole rings is 1. The van der Waals surface area contributed by atoms with Gasteiger partial charge in [0.15, 0.2) is 11.6 Å². The lowest BCUT2D eigenvalue weighted by Crippen LogP contribution is -2.19. The van der Waals surface area contributed by atoms with Gasteiger partial charge in [-0.05, 0) is 18.2 Å². The highest BCUT2D eigenvalue weighted by atomic mass is 32.1. The van der Waals surface area contributed by atoms with Crippen LogP contribution < -0.4 is 0 Å². The van der Waals surface area contributed by atoms with E-state index in [2.05, 4.69) is 15.1 Å². The lowest BCUT2D eigenvalue weighted by Gasteiger charge is -2.09. The minimum absolute atomic E-state index is 0.198. The van der Waals surface area contributed by atoms with Crippen LogP contribution in [0.5, 0.6) is 0 Å². The van der Waals surface area contributed by atoms with Crippen LogP contribution in [0, 0.1) is 0 Å². The van der Waals surface area contributed by atoms with Crippen molar-refractivity contribution >= 4 is 21.6 Å². The molecule has 0 radical (unpaired) electrons. The van der Waals surface area contributed by atoms with E-state index >= 15 is 0 Å². The number of rotatable bonds is 5. The molecule has 0 saturated heterocycles. The standard InChI is InChI=1S/C14H13F3N4OS/c1-22-5-4-12-19-13(21(20-12)7-14(15,16)17)9-2-3-10-11(6-9)23-8-18-10/h2-3,6,8H,4-5,7H2,1H3. The monoisotopic (exact) mass is 342 g/mol. The van der Waals surface area contributed by atoms with Gasteiger partial charge in [0.1, 0.15) is 6.54 Å². The van der Waals surface area contributed by atoms with Gasteiger partial charge in [-0.2, -0.15) is 18.3 Å². The van der Waals surface area contributed by atoms with Gasteiger partial charge in [-0.15, -0.1) is 11.3 Å². The molecule has 3 aromatic rings. The number of alkyl halides is 3. The molecule has 0 aliphatic rings. The summed E-state index contributed by atoms with van der Waals surface area (Å²) in [5.74, 6) is 0.527. The Labute approximate surface area is 133 Å². The number of fused-ring (bicyclic) bond motifs is 1. The summed E-state index contributed by atoms with van der Waals surface area (Å²) in [7, 11) is 1.52. The maximum absolute atomic E-state index is 12.8. The zero-order chi connectivity index (χ0) is 16.4. The van der Waals surface area contributed by atoms with E-state index in [9.17, 15) is 13.2 Å². The second kappa shape index (κ2) is 6.25. The molecule has 0 aliphatic heterocycles. The number of hydrogen-bond donors (Lipinski definition) is 0. The molecule has 5 nitrogen and oxygen atoms in total. The van der Waals surface area contributed by atoms with Crippen molar-refractivity contribution in [3.8, 4) is 11.4 Å². The molecule has 0 N–H and O–H groups in total. The second-order valence-corrected chi connectivity index (χ2v) is 5.79. The molecule has 0 aliphatic carbocycles. The smallest absolute Gasteiger partial charge is 0.384 e. The molecule has 2 heterocycles. The molecule has 0 fully saturated rings. The summed E-state index contributed by atoms with van der Waals surface area (Å²) in [4.78, 5) is 8.41. The minimum atomic E-state index is -4.37. The van der Waals surface area contributed by atoms with Crippen LogP contribution in [-0.4, -0.2) is 39.6 Å². The van der Waals surface area contributed by atoms with Crippen LogP contribution in [0.2, 0.25) is 0 Å². The summed E-state index contributed by atoms with van der Waals surface area (Å²) in [6.45, 7) is -0.827. The van der Waals surface area contributed by atoms with Gasteiger partial charge in [0.2, 0.25) is 0 Å². The Bertz CT molecular complexity index is 812. The van der Waals surface area contributed by atoms with Crippen molar-refractivity contribution in [2.24, 2.45) is 0 Å². The molecule has 0 unspecified atom stereocenters. The number of nitrogens with zero attached hydrogens (tertiary/aromatic N) is 4. The quantitative estimate of drug-likeness (QED) is 0.714. The Morgan fingerprint density at radius 1 is 1.30 bits per heavy atom. The number of methoxy groups -OCH3 is 1. The number of ether oxygens (including phenoxy) is 1. The van der Waals surface area contributed by atoms with E-state index in [1.165, 1.54) is 18.4 Å². The Kier molecular flexibility index (Phi) is 4.31. The van der Waals surface area contributed by atoms with Crippen LogP contribution in [0.4, 0.5) is 13.2 Å². The van der Waals surface area contributed by atoms with Crippen LogP contribution in [0.15, 0.2) is 23.7 Å². The van der Waals surface area contributed by atoms with Crippen LogP contribution >= 0.6 is 11.3 Å². The number of halogens is 3. The molecule has 23 heavy (non-hydrogen) atoms. The summed E-state index contributed by atoms with van der Waals surface area (Å²) in [6.07, 6.45) is -4.01. The molecule has 0 saturated carbocycles. The van der Waals surface area contributed by atoms with E-state index in [0.29, 0.717) is 24.4 Å². The van der Waals surface area contributed by atoms with Crippen LogP contribution in [0.3, 0.4) is 0 Å². The first-order valence-corrected chi connectivity index (χ1v) is 7.67. The predicted octanol–water partition coefficient (Wildman–Crippen LogP) is 3.31. The van der Waals surface area contributed by atoms with Crippen LogP contribution in [0.25, 0.3) is 21.6 Å². The van der Waals surface area contributed by atoms with Gasteiger partial charge in [0, 0.05) is 19.1 Å². The fourth-order valence-electron chi connectivity index (χ4n) is 2.18. The molecule has 9 heteroatoms. The van der Waals surface area contributed by atoms with E-state index in [1.54, 1.807) is 23.7 Å². The maximum atomic E-state index is 12.8. The van der Waals surface area contributed by atoms with Gasteiger partial charge in [0.25, 0.3) is 0 Å². The molecular formula is C14H13F3N4OS. The first-order chi connectivity index (χ1) is 11.0. The topological polar surface area (TPSA) is 52.8 Å². The lowest BCUT2D eigenvalue weighted by molar-refractivity contribution is -0.142. The van der Waals surface area contributed by atoms with Crippen molar-refractivity contribution in [3.05, 3.63) is 29.5 Å². The van der Waals surface area contributed by atoms with E-state index in [1.807, 2.05) is 0 Å². The Morgan fingerprint density at radius 3 is 2.87 bits per heavy atom. The van der Waals surface area contributed by atoms with Crippen molar-refractivity contribution in [2.45, 2.75) is 19.1 Å². The SMILES string of the molecule is COCCc1nc(-c2ccc3ncsc3c2)n(CC(F)(F)F)n1. The Hall–Kier alpha value is -2.00. The zero-order valence-corrected chi connectivity index (χ0v) is 13.0. The fourth-order valence-corrected chi connectivity index (χ4v) is 2.89. The molecule has 0 atom stereocenters. The molecule has 122 valence electrons. The van der Waals surface area contributed by atoms with Gasteiger partial charge < -0.3 is 4.74 Å². The fraction of sp³-hybridized carbons (Fsp3) is 0.357. The van der Waals surface area contributed by atoms with Crippen molar-refractivity contribution < 1.29 is 17.9 Å².